The first-order valence-electron chi connectivity index (χ1n) is 10.3. The van der Waals surface area contributed by atoms with Gasteiger partial charge in [-0.25, -0.2) is 8.42 Å². The van der Waals surface area contributed by atoms with Gasteiger partial charge in [-0.05, 0) is 51.0 Å². The lowest BCUT2D eigenvalue weighted by molar-refractivity contribution is -0.116. The average molecular weight is 433 g/mol. The maximum Gasteiger partial charge on any atom is 0.243 e. The summed E-state index contributed by atoms with van der Waals surface area (Å²) < 4.78 is 32.9. The van der Waals surface area contributed by atoms with Crippen LogP contribution in [0.15, 0.2) is 47.4 Å². The Balaban J connectivity index is 2.24. The van der Waals surface area contributed by atoms with E-state index in [1.165, 1.54) is 22.0 Å². The zero-order valence-electron chi connectivity index (χ0n) is 18.4. The number of hydrogen-bond acceptors (Lipinski definition) is 4. The van der Waals surface area contributed by atoms with Crippen LogP contribution in [-0.4, -0.2) is 37.8 Å². The van der Waals surface area contributed by atoms with Crippen molar-refractivity contribution in [3.8, 4) is 5.75 Å². The summed E-state index contributed by atoms with van der Waals surface area (Å²) >= 11 is 0. The van der Waals surface area contributed by atoms with E-state index in [0.29, 0.717) is 30.9 Å². The van der Waals surface area contributed by atoms with Crippen LogP contribution < -0.4 is 10.1 Å². The van der Waals surface area contributed by atoms with Gasteiger partial charge in [0.15, 0.2) is 0 Å². The SMILES string of the molecule is CCN(CC)S(=O)(=O)c1ccc(OC(C)C)c(NC(=O)CCc2ccc(C)cc2)c1. The molecule has 0 aliphatic heterocycles. The van der Waals surface area contributed by atoms with Crippen LogP contribution in [-0.2, 0) is 21.2 Å². The topological polar surface area (TPSA) is 75.7 Å². The second-order valence-electron chi connectivity index (χ2n) is 7.45. The summed E-state index contributed by atoms with van der Waals surface area (Å²) in [6.07, 6.45) is 0.777. The highest BCUT2D eigenvalue weighted by Crippen LogP contribution is 2.30. The number of carbonyl (C=O) groups excluding carboxylic acids is 1. The van der Waals surface area contributed by atoms with Gasteiger partial charge in [0.25, 0.3) is 0 Å². The molecule has 0 spiro atoms. The normalized spacial score (nSPS) is 11.7. The molecule has 30 heavy (non-hydrogen) atoms. The zero-order chi connectivity index (χ0) is 22.3. The van der Waals surface area contributed by atoms with Crippen LogP contribution >= 0.6 is 0 Å². The van der Waals surface area contributed by atoms with E-state index in [1.54, 1.807) is 19.9 Å². The van der Waals surface area contributed by atoms with Crippen molar-refractivity contribution in [3.63, 3.8) is 0 Å². The molecule has 0 heterocycles. The van der Waals surface area contributed by atoms with Crippen molar-refractivity contribution >= 4 is 21.6 Å². The fourth-order valence-corrected chi connectivity index (χ4v) is 4.55. The van der Waals surface area contributed by atoms with Crippen LogP contribution in [0, 0.1) is 6.92 Å². The minimum Gasteiger partial charge on any atom is -0.489 e. The maximum absolute atomic E-state index is 12.9. The molecule has 1 N–H and O–H groups in total. The summed E-state index contributed by atoms with van der Waals surface area (Å²) in [6, 6.07) is 12.7. The van der Waals surface area contributed by atoms with Crippen LogP contribution in [0.2, 0.25) is 0 Å². The number of sulfonamides is 1. The first kappa shape index (κ1) is 23.9. The number of ether oxygens (including phenoxy) is 1. The van der Waals surface area contributed by atoms with E-state index in [0.717, 1.165) is 5.56 Å². The maximum atomic E-state index is 12.9. The Kier molecular flexibility index (Phi) is 8.43. The van der Waals surface area contributed by atoms with Gasteiger partial charge in [0.05, 0.1) is 16.7 Å². The van der Waals surface area contributed by atoms with Gasteiger partial charge in [0, 0.05) is 19.5 Å². The minimum absolute atomic E-state index is 0.113. The summed E-state index contributed by atoms with van der Waals surface area (Å²) in [4.78, 5) is 12.7. The molecule has 0 aliphatic carbocycles. The molecule has 0 radical (unpaired) electrons. The van der Waals surface area contributed by atoms with E-state index in [9.17, 15) is 13.2 Å². The van der Waals surface area contributed by atoms with Gasteiger partial charge in [-0.1, -0.05) is 43.7 Å². The molecular formula is C23H32N2O4S. The third-order valence-electron chi connectivity index (χ3n) is 4.69. The molecule has 0 unspecified atom stereocenters. The van der Waals surface area contributed by atoms with Gasteiger partial charge in [0.2, 0.25) is 15.9 Å². The minimum atomic E-state index is -3.64. The molecule has 0 atom stereocenters. The van der Waals surface area contributed by atoms with Crippen molar-refractivity contribution in [2.24, 2.45) is 0 Å². The molecule has 164 valence electrons. The third-order valence-corrected chi connectivity index (χ3v) is 6.74. The second-order valence-corrected chi connectivity index (χ2v) is 9.39. The van der Waals surface area contributed by atoms with Gasteiger partial charge in [-0.3, -0.25) is 4.79 Å². The fourth-order valence-electron chi connectivity index (χ4n) is 3.06. The highest BCUT2D eigenvalue weighted by atomic mass is 32.2. The van der Waals surface area contributed by atoms with Crippen LogP contribution in [0.3, 0.4) is 0 Å². The molecule has 6 nitrogen and oxygen atoms in total. The van der Waals surface area contributed by atoms with Crippen LogP contribution in [0.5, 0.6) is 5.75 Å². The number of amides is 1. The van der Waals surface area contributed by atoms with Crippen molar-refractivity contribution in [2.75, 3.05) is 18.4 Å². The number of carbonyl (C=O) groups is 1. The van der Waals surface area contributed by atoms with Crippen LogP contribution in [0.1, 0.15) is 45.2 Å². The second kappa shape index (κ2) is 10.6. The highest BCUT2D eigenvalue weighted by molar-refractivity contribution is 7.89. The number of nitrogens with one attached hydrogen (secondary N) is 1. The number of aryl methyl sites for hydroxylation is 2. The summed E-state index contributed by atoms with van der Waals surface area (Å²) in [6.45, 7) is 10.1. The summed E-state index contributed by atoms with van der Waals surface area (Å²) in [5.41, 5.74) is 2.61. The van der Waals surface area contributed by atoms with Crippen molar-refractivity contribution < 1.29 is 17.9 Å². The van der Waals surface area contributed by atoms with Crippen LogP contribution in [0.25, 0.3) is 0 Å². The number of hydrogen-bond donors (Lipinski definition) is 1. The lowest BCUT2D eigenvalue weighted by Crippen LogP contribution is -2.30. The molecule has 0 aromatic heterocycles. The first-order valence-corrected chi connectivity index (χ1v) is 11.8. The van der Waals surface area contributed by atoms with E-state index in [1.807, 2.05) is 45.0 Å². The first-order chi connectivity index (χ1) is 14.2. The van der Waals surface area contributed by atoms with Gasteiger partial charge in [-0.15, -0.1) is 0 Å². The molecule has 2 aromatic rings. The lowest BCUT2D eigenvalue weighted by atomic mass is 10.1. The number of anilines is 1. The molecule has 2 aromatic carbocycles. The Hall–Kier alpha value is -2.38. The standard InChI is InChI=1S/C23H32N2O4S/c1-6-25(7-2)30(27,28)20-13-14-22(29-17(3)4)21(16-20)24-23(26)15-12-19-10-8-18(5)9-11-19/h8-11,13-14,16-17H,6-7,12,15H2,1-5H3,(H,24,26). The quantitative estimate of drug-likeness (QED) is 0.604. The molecule has 0 fully saturated rings. The third kappa shape index (κ3) is 6.31. The van der Waals surface area contributed by atoms with Gasteiger partial charge >= 0.3 is 0 Å². The summed E-state index contributed by atoms with van der Waals surface area (Å²) in [5, 5.41) is 2.84. The number of benzene rings is 2. The average Bonchev–Trinajstić information content (AvgIpc) is 2.69. The molecule has 2 rings (SSSR count). The predicted octanol–water partition coefficient (Wildman–Crippen LogP) is 4.38. The Morgan fingerprint density at radius 2 is 1.70 bits per heavy atom. The molecule has 7 heteroatoms. The highest BCUT2D eigenvalue weighted by Gasteiger charge is 2.23. The van der Waals surface area contributed by atoms with E-state index >= 15 is 0 Å². The zero-order valence-corrected chi connectivity index (χ0v) is 19.3. The summed E-state index contributed by atoms with van der Waals surface area (Å²) in [5.74, 6) is 0.258. The fraction of sp³-hybridized carbons (Fsp3) is 0.435. The molecule has 0 bridgehead atoms. The van der Waals surface area contributed by atoms with Gasteiger partial charge in [-0.2, -0.15) is 4.31 Å². The molecule has 0 saturated heterocycles. The lowest BCUT2D eigenvalue weighted by Gasteiger charge is -2.20. The Labute approximate surface area is 180 Å². The summed E-state index contributed by atoms with van der Waals surface area (Å²) in [7, 11) is -3.64. The Bertz CT molecular complexity index is 950. The van der Waals surface area contributed by atoms with Crippen molar-refractivity contribution in [2.45, 2.75) is 58.5 Å². The Morgan fingerprint density at radius 1 is 1.07 bits per heavy atom. The largest absolute Gasteiger partial charge is 0.489 e. The van der Waals surface area contributed by atoms with Gasteiger partial charge in [0.1, 0.15) is 5.75 Å². The smallest absolute Gasteiger partial charge is 0.243 e. The van der Waals surface area contributed by atoms with E-state index in [2.05, 4.69) is 5.32 Å². The van der Waals surface area contributed by atoms with E-state index < -0.39 is 10.0 Å². The van der Waals surface area contributed by atoms with Crippen molar-refractivity contribution in [1.82, 2.24) is 4.31 Å². The molecule has 0 aliphatic rings. The van der Waals surface area contributed by atoms with Crippen LogP contribution in [0.4, 0.5) is 5.69 Å². The molecular weight excluding hydrogens is 400 g/mol. The number of nitrogens with zero attached hydrogens (tertiary/aromatic N) is 1. The monoisotopic (exact) mass is 432 g/mol. The van der Waals surface area contributed by atoms with Gasteiger partial charge < -0.3 is 10.1 Å². The van der Waals surface area contributed by atoms with Crippen molar-refractivity contribution in [1.29, 1.82) is 0 Å². The van der Waals surface area contributed by atoms with E-state index in [4.69, 9.17) is 4.74 Å². The van der Waals surface area contributed by atoms with Crippen molar-refractivity contribution in [3.05, 3.63) is 53.6 Å². The Morgan fingerprint density at radius 3 is 2.27 bits per heavy atom. The predicted molar refractivity (Wildman–Crippen MR) is 120 cm³/mol. The molecule has 1 amide bonds. The number of rotatable bonds is 10. The molecule has 0 saturated carbocycles. The van der Waals surface area contributed by atoms with E-state index in [-0.39, 0.29) is 23.3 Å².